The molecule has 0 aromatic heterocycles. The molecule has 0 radical (unpaired) electrons. The fraction of sp³-hybridized carbons (Fsp3) is 0.219. The minimum atomic E-state index is 0.0324. The maximum absolute atomic E-state index is 5.63. The van der Waals surface area contributed by atoms with E-state index in [-0.39, 0.29) is 6.04 Å². The summed E-state index contributed by atoms with van der Waals surface area (Å²) in [7, 11) is 5.13. The van der Waals surface area contributed by atoms with E-state index in [2.05, 4.69) is 58.8 Å². The van der Waals surface area contributed by atoms with Crippen LogP contribution in [0, 0.1) is 0 Å². The molecule has 192 valence electrons. The minimum Gasteiger partial charge on any atom is -0.497 e. The van der Waals surface area contributed by atoms with Crippen LogP contribution in [0.1, 0.15) is 42.0 Å². The average molecular weight is 523 g/mol. The van der Waals surface area contributed by atoms with Crippen LogP contribution in [-0.4, -0.2) is 31.4 Å². The van der Waals surface area contributed by atoms with E-state index in [1.165, 1.54) is 16.7 Å². The Morgan fingerprint density at radius 2 is 1.58 bits per heavy atom. The molecule has 1 atom stereocenters. The number of amidine groups is 1. The van der Waals surface area contributed by atoms with Gasteiger partial charge in [-0.05, 0) is 102 Å². The van der Waals surface area contributed by atoms with Crippen molar-refractivity contribution in [2.45, 2.75) is 25.3 Å². The lowest BCUT2D eigenvalue weighted by atomic mass is 9.82. The third-order valence-electron chi connectivity index (χ3n) is 7.27. The summed E-state index contributed by atoms with van der Waals surface area (Å²) in [4.78, 5) is 7.69. The molecule has 3 aromatic carbocycles. The number of methoxy groups -OCH3 is 3. The number of rotatable bonds is 6. The van der Waals surface area contributed by atoms with Crippen LogP contribution in [0.25, 0.3) is 11.8 Å². The number of nitrogens with zero attached hydrogens (tertiary/aromatic N) is 2. The molecule has 0 bridgehead atoms. The summed E-state index contributed by atoms with van der Waals surface area (Å²) in [6, 6.07) is 25.0. The van der Waals surface area contributed by atoms with Crippen LogP contribution in [0.5, 0.6) is 17.2 Å². The van der Waals surface area contributed by atoms with Gasteiger partial charge in [-0.25, -0.2) is 4.99 Å². The van der Waals surface area contributed by atoms with Gasteiger partial charge in [0.2, 0.25) is 0 Å². The van der Waals surface area contributed by atoms with Crippen molar-refractivity contribution >= 4 is 28.7 Å². The van der Waals surface area contributed by atoms with Crippen LogP contribution in [0.4, 0.5) is 0 Å². The Kier molecular flexibility index (Phi) is 6.73. The molecule has 3 aliphatic rings. The monoisotopic (exact) mass is 522 g/mol. The maximum Gasteiger partial charge on any atom is 0.174 e. The smallest absolute Gasteiger partial charge is 0.174 e. The molecule has 0 spiro atoms. The first kappa shape index (κ1) is 24.4. The second-order valence-electron chi connectivity index (χ2n) is 9.47. The second-order valence-corrected chi connectivity index (χ2v) is 10.3. The van der Waals surface area contributed by atoms with Crippen molar-refractivity contribution in [3.63, 3.8) is 0 Å². The van der Waals surface area contributed by atoms with Crippen molar-refractivity contribution in [3.05, 3.63) is 112 Å². The lowest BCUT2D eigenvalue weighted by Crippen LogP contribution is -2.34. The van der Waals surface area contributed by atoms with Crippen LogP contribution in [0.3, 0.4) is 0 Å². The van der Waals surface area contributed by atoms with E-state index in [4.69, 9.17) is 19.2 Å². The van der Waals surface area contributed by atoms with E-state index >= 15 is 0 Å². The van der Waals surface area contributed by atoms with Crippen molar-refractivity contribution < 1.29 is 14.2 Å². The quantitative estimate of drug-likeness (QED) is 0.332. The number of benzene rings is 3. The SMILES string of the molecule is COc1ccc(C2=CSC3=NC4=C(CCCC4=Cc4cccc(OC)c4)C(c4cccc(OC)c4)N23)cc1. The largest absolute Gasteiger partial charge is 0.497 e. The molecule has 0 amide bonds. The van der Waals surface area contributed by atoms with Crippen molar-refractivity contribution in [1.29, 1.82) is 0 Å². The highest BCUT2D eigenvalue weighted by Crippen LogP contribution is 2.51. The van der Waals surface area contributed by atoms with Gasteiger partial charge in [-0.3, -0.25) is 0 Å². The van der Waals surface area contributed by atoms with Crippen molar-refractivity contribution in [2.75, 3.05) is 21.3 Å². The molecular weight excluding hydrogens is 492 g/mol. The van der Waals surface area contributed by atoms with Crippen molar-refractivity contribution in [1.82, 2.24) is 4.90 Å². The van der Waals surface area contributed by atoms with Crippen LogP contribution >= 0.6 is 11.8 Å². The Morgan fingerprint density at radius 1 is 0.842 bits per heavy atom. The van der Waals surface area contributed by atoms with Gasteiger partial charge in [-0.1, -0.05) is 36.0 Å². The molecular formula is C32H30N2O3S. The molecule has 1 unspecified atom stereocenters. The number of thioether (sulfide) groups is 1. The highest BCUT2D eigenvalue weighted by Gasteiger charge is 2.40. The highest BCUT2D eigenvalue weighted by atomic mass is 32.2. The third kappa shape index (κ3) is 4.50. The second kappa shape index (κ2) is 10.5. The molecule has 38 heavy (non-hydrogen) atoms. The first-order valence-electron chi connectivity index (χ1n) is 12.8. The molecule has 2 heterocycles. The molecule has 6 rings (SSSR count). The fourth-order valence-corrected chi connectivity index (χ4v) is 6.36. The van der Waals surface area contributed by atoms with E-state index in [0.717, 1.165) is 64.2 Å². The lowest BCUT2D eigenvalue weighted by Gasteiger charge is -2.40. The van der Waals surface area contributed by atoms with Crippen LogP contribution in [-0.2, 0) is 0 Å². The van der Waals surface area contributed by atoms with Gasteiger partial charge in [0.15, 0.2) is 5.17 Å². The maximum atomic E-state index is 5.63. The van der Waals surface area contributed by atoms with Gasteiger partial charge in [0, 0.05) is 5.41 Å². The molecule has 1 aliphatic carbocycles. The predicted octanol–water partition coefficient (Wildman–Crippen LogP) is 7.69. The molecule has 3 aromatic rings. The van der Waals surface area contributed by atoms with Crippen LogP contribution < -0.4 is 14.2 Å². The first-order chi connectivity index (χ1) is 18.7. The number of hydrogen-bond acceptors (Lipinski definition) is 6. The Bertz CT molecular complexity index is 1490. The van der Waals surface area contributed by atoms with E-state index in [1.54, 1.807) is 33.1 Å². The van der Waals surface area contributed by atoms with E-state index in [1.807, 2.05) is 30.3 Å². The lowest BCUT2D eigenvalue weighted by molar-refractivity contribution is 0.410. The van der Waals surface area contributed by atoms with Crippen LogP contribution in [0.2, 0.25) is 0 Å². The summed E-state index contributed by atoms with van der Waals surface area (Å²) in [6.07, 6.45) is 5.36. The summed E-state index contributed by atoms with van der Waals surface area (Å²) >= 11 is 1.69. The summed E-state index contributed by atoms with van der Waals surface area (Å²) < 4.78 is 16.5. The third-order valence-corrected chi connectivity index (χ3v) is 8.11. The molecule has 0 fully saturated rings. The van der Waals surface area contributed by atoms with E-state index in [0.29, 0.717) is 0 Å². The molecule has 6 heteroatoms. The standard InChI is InChI=1S/C32H30N2O3S/c1-35-25-15-13-22(14-16-25)29-20-38-32-33-30-23(17-21-7-4-10-26(18-21)36-2)8-6-12-28(30)31(34(29)32)24-9-5-11-27(19-24)37-3/h4-5,7,9-11,13-20,31H,6,8,12H2,1-3H3. The van der Waals surface area contributed by atoms with Gasteiger partial charge in [0.05, 0.1) is 38.8 Å². The zero-order chi connectivity index (χ0) is 26.1. The first-order valence-corrected chi connectivity index (χ1v) is 13.7. The predicted molar refractivity (Wildman–Crippen MR) is 155 cm³/mol. The summed E-state index contributed by atoms with van der Waals surface area (Å²) in [6.45, 7) is 0. The van der Waals surface area contributed by atoms with Crippen molar-refractivity contribution in [2.24, 2.45) is 4.99 Å². The number of fused-ring (bicyclic) bond motifs is 1. The van der Waals surface area contributed by atoms with Gasteiger partial charge in [0.25, 0.3) is 0 Å². The van der Waals surface area contributed by atoms with Gasteiger partial charge in [-0.15, -0.1) is 0 Å². The molecule has 2 aliphatic heterocycles. The van der Waals surface area contributed by atoms with Crippen molar-refractivity contribution in [3.8, 4) is 17.2 Å². The van der Waals surface area contributed by atoms with Gasteiger partial charge >= 0.3 is 0 Å². The molecule has 0 N–H and O–H groups in total. The fourth-order valence-electron chi connectivity index (χ4n) is 5.43. The Labute approximate surface area is 228 Å². The minimum absolute atomic E-state index is 0.0324. The van der Waals surface area contributed by atoms with Gasteiger partial charge in [0.1, 0.15) is 17.2 Å². The van der Waals surface area contributed by atoms with Crippen LogP contribution in [0.15, 0.2) is 100 Å². The van der Waals surface area contributed by atoms with E-state index in [9.17, 15) is 0 Å². The van der Waals surface area contributed by atoms with E-state index < -0.39 is 0 Å². The zero-order valence-corrected chi connectivity index (χ0v) is 22.6. The zero-order valence-electron chi connectivity index (χ0n) is 21.8. The summed E-state index contributed by atoms with van der Waals surface area (Å²) in [5.41, 5.74) is 8.37. The summed E-state index contributed by atoms with van der Waals surface area (Å²) in [5.74, 6) is 2.57. The Hall–Kier alpha value is -3.90. The number of allylic oxidation sites excluding steroid dienone is 1. The Morgan fingerprint density at radius 3 is 2.34 bits per heavy atom. The highest BCUT2D eigenvalue weighted by molar-refractivity contribution is 8.16. The Balaban J connectivity index is 1.48. The molecule has 0 saturated carbocycles. The molecule has 5 nitrogen and oxygen atoms in total. The normalized spacial score (nSPS) is 19.5. The summed E-state index contributed by atoms with van der Waals surface area (Å²) in [5, 5.41) is 3.22. The number of hydrogen-bond donors (Lipinski definition) is 0. The van der Waals surface area contributed by atoms with Gasteiger partial charge in [-0.2, -0.15) is 0 Å². The number of ether oxygens (including phenoxy) is 3. The average Bonchev–Trinajstić information content (AvgIpc) is 3.40. The topological polar surface area (TPSA) is 43.3 Å². The number of aliphatic imine (C=N–C) groups is 1. The van der Waals surface area contributed by atoms with Gasteiger partial charge < -0.3 is 19.1 Å². The molecule has 0 saturated heterocycles.